The van der Waals surface area contributed by atoms with Crippen molar-refractivity contribution in [2.24, 2.45) is 5.41 Å². The Kier molecular flexibility index (Phi) is 13.1. The number of halogens is 2. The molecule has 0 atom stereocenters. The van der Waals surface area contributed by atoms with Crippen molar-refractivity contribution in [3.63, 3.8) is 0 Å². The minimum atomic E-state index is -1.28. The van der Waals surface area contributed by atoms with Crippen molar-refractivity contribution in [3.05, 3.63) is 90.6 Å². The number of hydrogen-bond donors (Lipinski definition) is 4. The molecule has 54 heavy (non-hydrogen) atoms. The summed E-state index contributed by atoms with van der Waals surface area (Å²) in [7, 11) is 1.55. The number of carbonyl (C=O) groups excluding carboxylic acids is 2. The maximum Gasteiger partial charge on any atom is 0.328 e. The quantitative estimate of drug-likeness (QED) is 0.0724. The Hall–Kier alpha value is -6.13. The molecule has 4 N–H and O–H groups in total. The van der Waals surface area contributed by atoms with Crippen LogP contribution >= 0.6 is 0 Å². The number of benzene rings is 3. The van der Waals surface area contributed by atoms with Crippen LogP contribution in [0.4, 0.5) is 20.2 Å². The van der Waals surface area contributed by atoms with Gasteiger partial charge in [0.05, 0.1) is 32.4 Å². The van der Waals surface area contributed by atoms with Gasteiger partial charge in [-0.3, -0.25) is 19.5 Å². The number of nitrogens with zero attached hydrogens (tertiary/aromatic N) is 2. The van der Waals surface area contributed by atoms with Crippen molar-refractivity contribution in [2.75, 3.05) is 57.2 Å². The number of methoxy groups -OCH3 is 1. The molecule has 2 heterocycles. The molecule has 2 fully saturated rings. The van der Waals surface area contributed by atoms with Crippen LogP contribution in [0.15, 0.2) is 79.0 Å². The SMILES string of the molecule is COc1cc2c(Oc3ccc(NC(=O)C4(C(=O)Nc5ccc(F)cc5)CC4)cc3F)ccnc2cc1OCCCN1CCOCC1.O=C(O)/C=C/C(=O)O. The lowest BCUT2D eigenvalue weighted by atomic mass is 10.0. The highest BCUT2D eigenvalue weighted by Crippen LogP contribution is 2.47. The summed E-state index contributed by atoms with van der Waals surface area (Å²) in [5.74, 6) is -3.38. The van der Waals surface area contributed by atoms with Crippen molar-refractivity contribution >= 4 is 46.0 Å². The average Bonchev–Trinajstić information content (AvgIpc) is 3.98. The second-order valence-electron chi connectivity index (χ2n) is 12.2. The molecule has 1 saturated heterocycles. The van der Waals surface area contributed by atoms with Gasteiger partial charge in [0.25, 0.3) is 0 Å². The van der Waals surface area contributed by atoms with Crippen LogP contribution in [0, 0.1) is 17.0 Å². The van der Waals surface area contributed by atoms with Gasteiger partial charge in [-0.2, -0.15) is 0 Å². The fourth-order valence-electron chi connectivity index (χ4n) is 5.42. The molecular weight excluding hydrogens is 710 g/mol. The fourth-order valence-corrected chi connectivity index (χ4v) is 5.42. The summed E-state index contributed by atoms with van der Waals surface area (Å²) in [6.45, 7) is 4.76. The molecule has 14 nitrogen and oxygen atoms in total. The molecule has 0 radical (unpaired) electrons. The van der Waals surface area contributed by atoms with Crippen LogP contribution in [0.2, 0.25) is 0 Å². The highest BCUT2D eigenvalue weighted by Gasteiger charge is 2.56. The number of carbonyl (C=O) groups is 4. The Labute approximate surface area is 308 Å². The molecule has 284 valence electrons. The second-order valence-corrected chi connectivity index (χ2v) is 12.2. The van der Waals surface area contributed by atoms with Crippen LogP contribution in [0.1, 0.15) is 19.3 Å². The molecule has 6 rings (SSSR count). The molecule has 1 aliphatic heterocycles. The summed E-state index contributed by atoms with van der Waals surface area (Å²) in [6, 6.07) is 14.4. The molecule has 0 bridgehead atoms. The number of fused-ring (bicyclic) bond motifs is 1. The zero-order chi connectivity index (χ0) is 38.7. The van der Waals surface area contributed by atoms with Gasteiger partial charge in [0.2, 0.25) is 11.8 Å². The zero-order valence-electron chi connectivity index (χ0n) is 29.2. The van der Waals surface area contributed by atoms with Gasteiger partial charge < -0.3 is 39.8 Å². The van der Waals surface area contributed by atoms with Gasteiger partial charge >= 0.3 is 11.9 Å². The number of nitrogens with one attached hydrogen (secondary N) is 2. The van der Waals surface area contributed by atoms with Gasteiger partial charge in [-0.1, -0.05) is 0 Å². The third-order valence-corrected chi connectivity index (χ3v) is 8.47. The summed E-state index contributed by atoms with van der Waals surface area (Å²) in [5.41, 5.74) is -0.144. The normalized spacial score (nSPS) is 14.7. The van der Waals surface area contributed by atoms with Gasteiger partial charge in [0.15, 0.2) is 23.1 Å². The smallest absolute Gasteiger partial charge is 0.328 e. The zero-order valence-corrected chi connectivity index (χ0v) is 29.2. The van der Waals surface area contributed by atoms with Gasteiger partial charge in [-0.05, 0) is 67.8 Å². The van der Waals surface area contributed by atoms with E-state index in [2.05, 4.69) is 20.5 Å². The van der Waals surface area contributed by atoms with E-state index >= 15 is 4.39 Å². The first-order chi connectivity index (χ1) is 26.0. The molecular formula is C38H38F2N4O10. The maximum absolute atomic E-state index is 15.2. The fraction of sp³-hybridized carbons (Fsp3) is 0.289. The molecule has 4 aromatic rings. The number of ether oxygens (including phenoxy) is 4. The third kappa shape index (κ3) is 10.5. The van der Waals surface area contributed by atoms with Crippen LogP contribution in [0.25, 0.3) is 10.9 Å². The minimum absolute atomic E-state index is 0.0666. The molecule has 3 aromatic carbocycles. The molecule has 2 aliphatic rings. The Morgan fingerprint density at radius 3 is 2.11 bits per heavy atom. The summed E-state index contributed by atoms with van der Waals surface area (Å²) < 4.78 is 51.4. The van der Waals surface area contributed by atoms with Crippen LogP contribution in [0.5, 0.6) is 23.0 Å². The van der Waals surface area contributed by atoms with Crippen LogP contribution in [-0.2, 0) is 23.9 Å². The van der Waals surface area contributed by atoms with E-state index in [0.717, 1.165) is 45.3 Å². The summed E-state index contributed by atoms with van der Waals surface area (Å²) in [5, 5.41) is 21.5. The first-order valence-electron chi connectivity index (χ1n) is 16.9. The van der Waals surface area contributed by atoms with E-state index < -0.39 is 40.8 Å². The van der Waals surface area contributed by atoms with Crippen LogP contribution in [-0.4, -0.2) is 90.4 Å². The minimum Gasteiger partial charge on any atom is -0.493 e. The predicted octanol–water partition coefficient (Wildman–Crippen LogP) is 5.48. The molecule has 2 amide bonds. The number of anilines is 2. The summed E-state index contributed by atoms with van der Waals surface area (Å²) in [6.07, 6.45) is 4.21. The number of morpholine rings is 1. The average molecular weight is 749 g/mol. The summed E-state index contributed by atoms with van der Waals surface area (Å²) in [4.78, 5) is 51.8. The Balaban J connectivity index is 0.000000631. The van der Waals surface area contributed by atoms with Crippen molar-refractivity contribution in [1.82, 2.24) is 9.88 Å². The van der Waals surface area contributed by atoms with E-state index in [4.69, 9.17) is 29.2 Å². The maximum atomic E-state index is 15.2. The molecule has 16 heteroatoms. The molecule has 0 unspecified atom stereocenters. The lowest BCUT2D eigenvalue weighted by Crippen LogP contribution is -2.37. The van der Waals surface area contributed by atoms with Gasteiger partial charge in [0, 0.05) is 66.9 Å². The molecule has 0 spiro atoms. The van der Waals surface area contributed by atoms with E-state index in [1.165, 1.54) is 36.4 Å². The lowest BCUT2D eigenvalue weighted by molar-refractivity contribution is -0.134. The van der Waals surface area contributed by atoms with E-state index in [1.807, 2.05) is 0 Å². The predicted molar refractivity (Wildman–Crippen MR) is 192 cm³/mol. The first kappa shape index (κ1) is 39.1. The monoisotopic (exact) mass is 748 g/mol. The Morgan fingerprint density at radius 1 is 0.852 bits per heavy atom. The van der Waals surface area contributed by atoms with Crippen molar-refractivity contribution in [2.45, 2.75) is 19.3 Å². The highest BCUT2D eigenvalue weighted by atomic mass is 19.1. The molecule has 1 saturated carbocycles. The number of aromatic nitrogens is 1. The van der Waals surface area contributed by atoms with Crippen molar-refractivity contribution in [3.8, 4) is 23.0 Å². The Morgan fingerprint density at radius 2 is 1.50 bits per heavy atom. The van der Waals surface area contributed by atoms with Crippen LogP contribution < -0.4 is 24.8 Å². The molecule has 1 aliphatic carbocycles. The molecule has 1 aromatic heterocycles. The summed E-state index contributed by atoms with van der Waals surface area (Å²) >= 11 is 0. The Bertz CT molecular complexity index is 2000. The number of carboxylic acids is 2. The van der Waals surface area contributed by atoms with Crippen molar-refractivity contribution < 1.29 is 57.1 Å². The largest absolute Gasteiger partial charge is 0.493 e. The van der Waals surface area contributed by atoms with Crippen molar-refractivity contribution in [1.29, 1.82) is 0 Å². The van der Waals surface area contributed by atoms with Gasteiger partial charge in [-0.15, -0.1) is 0 Å². The second kappa shape index (κ2) is 18.1. The van der Waals surface area contributed by atoms with Crippen LogP contribution in [0.3, 0.4) is 0 Å². The number of rotatable bonds is 14. The third-order valence-electron chi connectivity index (χ3n) is 8.47. The van der Waals surface area contributed by atoms with Gasteiger partial charge in [-0.25, -0.2) is 18.4 Å². The van der Waals surface area contributed by atoms with E-state index in [9.17, 15) is 23.6 Å². The number of amides is 2. The highest BCUT2D eigenvalue weighted by molar-refractivity contribution is 6.16. The van der Waals surface area contributed by atoms with Gasteiger partial charge in [0.1, 0.15) is 17.0 Å². The number of carboxylic acid groups (broad SMARTS) is 2. The standard InChI is InChI=1S/C34H34F2N4O6.C4H4O4/c1-43-30-20-25-27(21-31(30)45-16-2-13-40-14-17-44-18-15-40)37-12-9-28(25)46-29-8-7-24(19-26(29)36)39-33(42)34(10-11-34)32(41)38-23-5-3-22(35)4-6-23;5-3(6)1-2-4(7)8/h3-9,12,19-21H,2,10-11,13-18H2,1H3,(H,38,41)(H,39,42);1-2H,(H,5,6)(H,7,8)/b;2-1+. The van der Waals surface area contributed by atoms with E-state index in [-0.39, 0.29) is 11.4 Å². The first-order valence-corrected chi connectivity index (χ1v) is 16.9. The lowest BCUT2D eigenvalue weighted by Gasteiger charge is -2.26. The number of aliphatic carboxylic acids is 2. The number of pyridine rings is 1. The van der Waals surface area contributed by atoms with E-state index in [1.54, 1.807) is 31.5 Å². The van der Waals surface area contributed by atoms with E-state index in [0.29, 0.717) is 65.4 Å². The number of hydrogen-bond acceptors (Lipinski definition) is 10. The topological polar surface area (TPSA) is 186 Å².